The lowest BCUT2D eigenvalue weighted by Crippen LogP contribution is -2.32. The third-order valence-corrected chi connectivity index (χ3v) is 3.53. The molecule has 1 aliphatic heterocycles. The van der Waals surface area contributed by atoms with Crippen LogP contribution in [0.1, 0.15) is 12.0 Å². The maximum Gasteiger partial charge on any atom is 0.272 e. The molecule has 5 heteroatoms. The lowest BCUT2D eigenvalue weighted by Gasteiger charge is -2.09. The van der Waals surface area contributed by atoms with Crippen molar-refractivity contribution in [2.45, 2.75) is 13.0 Å². The number of rotatable bonds is 3. The van der Waals surface area contributed by atoms with Crippen molar-refractivity contribution in [1.82, 2.24) is 5.32 Å². The molecule has 0 fully saturated rings. The first-order chi connectivity index (χ1) is 9.75. The highest BCUT2D eigenvalue weighted by molar-refractivity contribution is 6.53. The van der Waals surface area contributed by atoms with Gasteiger partial charge < -0.3 is 5.32 Å². The van der Waals surface area contributed by atoms with E-state index in [1.165, 1.54) is 0 Å². The Morgan fingerprint density at radius 2 is 2.15 bits per heavy atom. The van der Waals surface area contributed by atoms with Crippen LogP contribution in [0.15, 0.2) is 58.3 Å². The van der Waals surface area contributed by atoms with Crippen LogP contribution in [0, 0.1) is 0 Å². The van der Waals surface area contributed by atoms with Gasteiger partial charge in [-0.3, -0.25) is 4.79 Å². The molecular weight excluding hydrogens is 274 g/mol. The maximum atomic E-state index is 12.2. The standard InChI is InChI=1S/C15H12ClN3O/c16-12-7-3-1-5-10(12)9-17-15(20)14-11-6-2-4-8-13(11)18-19-14/h1-7H,8-9H2,(H,17,20). The Hall–Kier alpha value is -2.20. The summed E-state index contributed by atoms with van der Waals surface area (Å²) in [6, 6.07) is 7.42. The second-order valence-electron chi connectivity index (χ2n) is 4.48. The molecule has 0 saturated carbocycles. The molecule has 0 aromatic heterocycles. The molecule has 0 bridgehead atoms. The van der Waals surface area contributed by atoms with Crippen molar-refractivity contribution in [1.29, 1.82) is 0 Å². The average molecular weight is 286 g/mol. The summed E-state index contributed by atoms with van der Waals surface area (Å²) in [6.45, 7) is 0.371. The fraction of sp³-hybridized carbons (Fsp3) is 0.133. The van der Waals surface area contributed by atoms with Crippen molar-refractivity contribution in [3.05, 3.63) is 58.7 Å². The van der Waals surface area contributed by atoms with E-state index < -0.39 is 0 Å². The van der Waals surface area contributed by atoms with Crippen molar-refractivity contribution in [2.24, 2.45) is 10.2 Å². The number of carbonyl (C=O) groups excluding carboxylic acids is 1. The second kappa shape index (κ2) is 5.43. The van der Waals surface area contributed by atoms with Crippen LogP contribution < -0.4 is 5.32 Å². The van der Waals surface area contributed by atoms with E-state index >= 15 is 0 Å². The summed E-state index contributed by atoms with van der Waals surface area (Å²) in [5.74, 6) is -0.231. The number of hydrogen-bond acceptors (Lipinski definition) is 3. The molecule has 1 aromatic carbocycles. The number of carbonyl (C=O) groups is 1. The molecule has 3 rings (SSSR count). The highest BCUT2D eigenvalue weighted by Gasteiger charge is 2.25. The van der Waals surface area contributed by atoms with Crippen LogP contribution in [0.5, 0.6) is 0 Å². The molecule has 0 unspecified atom stereocenters. The first kappa shape index (κ1) is 12.8. The van der Waals surface area contributed by atoms with Crippen molar-refractivity contribution in [3.8, 4) is 0 Å². The van der Waals surface area contributed by atoms with E-state index in [0.29, 0.717) is 17.3 Å². The molecule has 4 nitrogen and oxygen atoms in total. The monoisotopic (exact) mass is 285 g/mol. The smallest absolute Gasteiger partial charge is 0.272 e. The Morgan fingerprint density at radius 1 is 1.30 bits per heavy atom. The quantitative estimate of drug-likeness (QED) is 0.912. The van der Waals surface area contributed by atoms with E-state index in [0.717, 1.165) is 23.3 Å². The lowest BCUT2D eigenvalue weighted by molar-refractivity contribution is -0.114. The molecule has 20 heavy (non-hydrogen) atoms. The topological polar surface area (TPSA) is 53.8 Å². The average Bonchev–Trinajstić information content (AvgIpc) is 2.90. The van der Waals surface area contributed by atoms with Crippen molar-refractivity contribution < 1.29 is 4.79 Å². The number of halogens is 1. The third kappa shape index (κ3) is 2.42. The highest BCUT2D eigenvalue weighted by Crippen LogP contribution is 2.18. The van der Waals surface area contributed by atoms with E-state index in [-0.39, 0.29) is 5.91 Å². The molecule has 1 heterocycles. The van der Waals surface area contributed by atoms with E-state index in [1.807, 2.05) is 36.4 Å². The van der Waals surface area contributed by atoms with Gasteiger partial charge in [-0.1, -0.05) is 48.0 Å². The van der Waals surface area contributed by atoms with Crippen molar-refractivity contribution >= 4 is 28.9 Å². The Balaban J connectivity index is 1.68. The first-order valence-corrected chi connectivity index (χ1v) is 6.67. The van der Waals surface area contributed by atoms with E-state index in [1.54, 1.807) is 6.07 Å². The fourth-order valence-corrected chi connectivity index (χ4v) is 2.30. The van der Waals surface area contributed by atoms with Gasteiger partial charge >= 0.3 is 0 Å². The number of hydrogen-bond donors (Lipinski definition) is 1. The van der Waals surface area contributed by atoms with Crippen LogP contribution in [-0.2, 0) is 11.3 Å². The number of nitrogens with one attached hydrogen (secondary N) is 1. The zero-order valence-electron chi connectivity index (χ0n) is 10.6. The third-order valence-electron chi connectivity index (χ3n) is 3.16. The van der Waals surface area contributed by atoms with Crippen LogP contribution in [-0.4, -0.2) is 17.3 Å². The minimum Gasteiger partial charge on any atom is -0.346 e. The molecule has 0 saturated heterocycles. The SMILES string of the molecule is O=C(NCc1ccccc1Cl)C1=NN=C2CC=CC=C21. The highest BCUT2D eigenvalue weighted by atomic mass is 35.5. The minimum atomic E-state index is -0.231. The van der Waals surface area contributed by atoms with Crippen LogP contribution in [0.25, 0.3) is 0 Å². The molecule has 1 aromatic rings. The van der Waals surface area contributed by atoms with Gasteiger partial charge in [0.25, 0.3) is 5.91 Å². The zero-order chi connectivity index (χ0) is 13.9. The largest absolute Gasteiger partial charge is 0.346 e. The molecule has 1 N–H and O–H groups in total. The maximum absolute atomic E-state index is 12.2. The van der Waals surface area contributed by atoms with Crippen molar-refractivity contribution in [2.75, 3.05) is 0 Å². The molecule has 100 valence electrons. The van der Waals surface area contributed by atoms with Crippen LogP contribution >= 0.6 is 11.6 Å². The normalized spacial score (nSPS) is 16.1. The van der Waals surface area contributed by atoms with Gasteiger partial charge in [0.2, 0.25) is 0 Å². The molecule has 0 radical (unpaired) electrons. The first-order valence-electron chi connectivity index (χ1n) is 6.29. The van der Waals surface area contributed by atoms with Gasteiger partial charge in [0.05, 0.1) is 5.71 Å². The summed E-state index contributed by atoms with van der Waals surface area (Å²) in [6.07, 6.45) is 6.48. The predicted octanol–water partition coefficient (Wildman–Crippen LogP) is 2.65. The van der Waals surface area contributed by atoms with Crippen LogP contribution in [0.4, 0.5) is 0 Å². The van der Waals surface area contributed by atoms with E-state index in [4.69, 9.17) is 11.6 Å². The molecular formula is C15H12ClN3O. The molecule has 0 atom stereocenters. The Bertz CT molecular complexity index is 686. The molecule has 2 aliphatic rings. The van der Waals surface area contributed by atoms with Gasteiger partial charge in [-0.25, -0.2) is 0 Å². The second-order valence-corrected chi connectivity index (χ2v) is 4.89. The van der Waals surface area contributed by atoms with Crippen LogP contribution in [0.3, 0.4) is 0 Å². The number of nitrogens with zero attached hydrogens (tertiary/aromatic N) is 2. The summed E-state index contributed by atoms with van der Waals surface area (Å²) in [5, 5.41) is 11.5. The van der Waals surface area contributed by atoms with Gasteiger partial charge in [0.15, 0.2) is 5.71 Å². The van der Waals surface area contributed by atoms with Gasteiger partial charge in [-0.05, 0) is 11.6 Å². The van der Waals surface area contributed by atoms with Gasteiger partial charge in [-0.15, -0.1) is 5.10 Å². The number of allylic oxidation sites excluding steroid dienone is 3. The summed E-state index contributed by atoms with van der Waals surface area (Å²) in [5.41, 5.74) is 2.90. The summed E-state index contributed by atoms with van der Waals surface area (Å²) in [4.78, 5) is 12.2. The van der Waals surface area contributed by atoms with E-state index in [2.05, 4.69) is 15.5 Å². The summed E-state index contributed by atoms with van der Waals surface area (Å²) < 4.78 is 0. The van der Waals surface area contributed by atoms with Crippen LogP contribution in [0.2, 0.25) is 5.02 Å². The van der Waals surface area contributed by atoms with Gasteiger partial charge in [-0.2, -0.15) is 5.10 Å². The molecule has 1 amide bonds. The van der Waals surface area contributed by atoms with Gasteiger partial charge in [0, 0.05) is 23.6 Å². The predicted molar refractivity (Wildman–Crippen MR) is 80.0 cm³/mol. The van der Waals surface area contributed by atoms with Gasteiger partial charge in [0.1, 0.15) is 0 Å². The number of amides is 1. The molecule has 1 aliphatic carbocycles. The Morgan fingerprint density at radius 3 is 3.00 bits per heavy atom. The zero-order valence-corrected chi connectivity index (χ0v) is 11.4. The summed E-state index contributed by atoms with van der Waals surface area (Å²) in [7, 11) is 0. The lowest BCUT2D eigenvalue weighted by atomic mass is 9.98. The van der Waals surface area contributed by atoms with Crippen molar-refractivity contribution in [3.63, 3.8) is 0 Å². The number of benzene rings is 1. The fourth-order valence-electron chi connectivity index (χ4n) is 2.09. The number of fused-ring (bicyclic) bond motifs is 1. The Labute approximate surface area is 121 Å². The summed E-state index contributed by atoms with van der Waals surface area (Å²) >= 11 is 6.05. The Kier molecular flexibility index (Phi) is 3.48. The van der Waals surface area contributed by atoms with E-state index in [9.17, 15) is 4.79 Å². The molecule has 0 spiro atoms. The minimum absolute atomic E-state index is 0.231.